The van der Waals surface area contributed by atoms with Crippen LogP contribution < -0.4 is 4.90 Å². The lowest BCUT2D eigenvalue weighted by Crippen LogP contribution is -2.18. The van der Waals surface area contributed by atoms with Crippen molar-refractivity contribution < 1.29 is 9.90 Å². The molecule has 1 saturated heterocycles. The number of nitrogens with zero attached hydrogens (tertiary/aromatic N) is 1. The Morgan fingerprint density at radius 2 is 2.00 bits per heavy atom. The number of hydrogen-bond donors (Lipinski definition) is 1. The number of aromatic carboxylic acids is 1. The summed E-state index contributed by atoms with van der Waals surface area (Å²) in [5.41, 5.74) is 1.42. The molecule has 0 spiro atoms. The van der Waals surface area contributed by atoms with Crippen molar-refractivity contribution >= 4 is 27.6 Å². The average Bonchev–Trinajstić information content (AvgIpc) is 2.70. The molecular formula is C11H12BrNO2. The molecule has 4 heteroatoms. The van der Waals surface area contributed by atoms with Gasteiger partial charge in [0.2, 0.25) is 0 Å². The first-order valence-corrected chi connectivity index (χ1v) is 5.75. The molecule has 1 aliphatic rings. The number of carbonyl (C=O) groups is 1. The summed E-state index contributed by atoms with van der Waals surface area (Å²) < 4.78 is 0.865. The van der Waals surface area contributed by atoms with Gasteiger partial charge >= 0.3 is 5.97 Å². The van der Waals surface area contributed by atoms with Crippen LogP contribution in [0.1, 0.15) is 23.2 Å². The molecule has 0 saturated carbocycles. The number of benzene rings is 1. The van der Waals surface area contributed by atoms with Gasteiger partial charge in [-0.2, -0.15) is 0 Å². The van der Waals surface area contributed by atoms with Crippen molar-refractivity contribution in [1.82, 2.24) is 0 Å². The smallest absolute Gasteiger partial charge is 0.335 e. The quantitative estimate of drug-likeness (QED) is 0.898. The summed E-state index contributed by atoms with van der Waals surface area (Å²) in [6.07, 6.45) is 2.43. The van der Waals surface area contributed by atoms with Gasteiger partial charge in [-0.15, -0.1) is 0 Å². The van der Waals surface area contributed by atoms with Crippen LogP contribution in [0, 0.1) is 0 Å². The SMILES string of the molecule is O=C(O)c1ccc(N2CCCC2)c(Br)c1. The molecule has 1 fully saturated rings. The minimum atomic E-state index is -0.885. The second kappa shape index (κ2) is 4.23. The van der Waals surface area contributed by atoms with Gasteiger partial charge < -0.3 is 10.0 Å². The summed E-state index contributed by atoms with van der Waals surface area (Å²) in [6, 6.07) is 5.19. The average molecular weight is 270 g/mol. The summed E-state index contributed by atoms with van der Waals surface area (Å²) >= 11 is 3.42. The van der Waals surface area contributed by atoms with Gasteiger partial charge in [-0.25, -0.2) is 4.79 Å². The number of hydrogen-bond acceptors (Lipinski definition) is 2. The molecule has 3 nitrogen and oxygen atoms in total. The molecule has 1 aliphatic heterocycles. The lowest BCUT2D eigenvalue weighted by atomic mass is 10.2. The van der Waals surface area contributed by atoms with E-state index in [9.17, 15) is 4.79 Å². The van der Waals surface area contributed by atoms with Crippen molar-refractivity contribution in [3.63, 3.8) is 0 Å². The molecule has 2 rings (SSSR count). The molecule has 0 aliphatic carbocycles. The zero-order valence-corrected chi connectivity index (χ0v) is 9.83. The molecule has 15 heavy (non-hydrogen) atoms. The summed E-state index contributed by atoms with van der Waals surface area (Å²) in [6.45, 7) is 2.12. The molecule has 1 N–H and O–H groups in total. The number of carboxylic acid groups (broad SMARTS) is 1. The van der Waals surface area contributed by atoms with Crippen LogP contribution in [0.5, 0.6) is 0 Å². The molecule has 0 unspecified atom stereocenters. The minimum absolute atomic E-state index is 0.324. The van der Waals surface area contributed by atoms with Gasteiger partial charge in [-0.05, 0) is 47.0 Å². The maximum Gasteiger partial charge on any atom is 0.335 e. The molecule has 0 bridgehead atoms. The lowest BCUT2D eigenvalue weighted by molar-refractivity contribution is 0.0697. The lowest BCUT2D eigenvalue weighted by Gasteiger charge is -2.19. The van der Waals surface area contributed by atoms with E-state index in [0.29, 0.717) is 5.56 Å². The van der Waals surface area contributed by atoms with Crippen LogP contribution >= 0.6 is 15.9 Å². The molecular weight excluding hydrogens is 258 g/mol. The molecule has 0 atom stereocenters. The summed E-state index contributed by atoms with van der Waals surface area (Å²) in [5.74, 6) is -0.885. The van der Waals surface area contributed by atoms with E-state index in [4.69, 9.17) is 5.11 Å². The Labute approximate surface area is 96.8 Å². The molecule has 1 aromatic rings. The molecule has 80 valence electrons. The van der Waals surface area contributed by atoms with Crippen LogP contribution in [0.2, 0.25) is 0 Å². The van der Waals surface area contributed by atoms with Crippen molar-refractivity contribution in [3.8, 4) is 0 Å². The molecule has 0 aromatic heterocycles. The highest BCUT2D eigenvalue weighted by Crippen LogP contribution is 2.29. The number of halogens is 1. The predicted molar refractivity (Wildman–Crippen MR) is 62.5 cm³/mol. The van der Waals surface area contributed by atoms with E-state index < -0.39 is 5.97 Å². The van der Waals surface area contributed by atoms with Gasteiger partial charge in [-0.3, -0.25) is 0 Å². The highest BCUT2D eigenvalue weighted by molar-refractivity contribution is 9.10. The van der Waals surface area contributed by atoms with Crippen LogP contribution in [0.15, 0.2) is 22.7 Å². The van der Waals surface area contributed by atoms with Gasteiger partial charge in [0.05, 0.1) is 11.3 Å². The van der Waals surface area contributed by atoms with E-state index in [2.05, 4.69) is 20.8 Å². The van der Waals surface area contributed by atoms with Gasteiger partial charge in [0.15, 0.2) is 0 Å². The van der Waals surface area contributed by atoms with Crippen LogP contribution in [0.4, 0.5) is 5.69 Å². The van der Waals surface area contributed by atoms with Crippen LogP contribution in [0.25, 0.3) is 0 Å². The predicted octanol–water partition coefficient (Wildman–Crippen LogP) is 2.75. The molecule has 1 heterocycles. The first-order chi connectivity index (χ1) is 7.18. The minimum Gasteiger partial charge on any atom is -0.478 e. The van der Waals surface area contributed by atoms with Crippen LogP contribution in [-0.2, 0) is 0 Å². The zero-order chi connectivity index (χ0) is 10.8. The van der Waals surface area contributed by atoms with E-state index in [1.165, 1.54) is 12.8 Å². The summed E-state index contributed by atoms with van der Waals surface area (Å²) in [4.78, 5) is 13.0. The van der Waals surface area contributed by atoms with Crippen molar-refractivity contribution in [2.45, 2.75) is 12.8 Å². The first kappa shape index (κ1) is 10.5. The van der Waals surface area contributed by atoms with Crippen molar-refractivity contribution in [1.29, 1.82) is 0 Å². The van der Waals surface area contributed by atoms with Gasteiger partial charge in [0.25, 0.3) is 0 Å². The Bertz CT molecular complexity index is 386. The second-order valence-corrected chi connectivity index (χ2v) is 4.52. The van der Waals surface area contributed by atoms with E-state index in [-0.39, 0.29) is 0 Å². The standard InChI is InChI=1S/C11H12BrNO2/c12-9-7-8(11(14)15)3-4-10(9)13-5-1-2-6-13/h3-4,7H,1-2,5-6H2,(H,14,15). The highest BCUT2D eigenvalue weighted by Gasteiger charge is 2.15. The van der Waals surface area contributed by atoms with Crippen LogP contribution in [0.3, 0.4) is 0 Å². The van der Waals surface area contributed by atoms with Crippen molar-refractivity contribution in [2.75, 3.05) is 18.0 Å². The third kappa shape index (κ3) is 2.15. The zero-order valence-electron chi connectivity index (χ0n) is 8.24. The fraction of sp³-hybridized carbons (Fsp3) is 0.364. The third-order valence-corrected chi connectivity index (χ3v) is 3.28. The van der Waals surface area contributed by atoms with E-state index in [1.54, 1.807) is 12.1 Å². The normalized spacial score (nSPS) is 15.7. The largest absolute Gasteiger partial charge is 0.478 e. The highest BCUT2D eigenvalue weighted by atomic mass is 79.9. The maximum atomic E-state index is 10.8. The topological polar surface area (TPSA) is 40.5 Å². The van der Waals surface area contributed by atoms with Crippen LogP contribution in [-0.4, -0.2) is 24.2 Å². The van der Waals surface area contributed by atoms with Gasteiger partial charge in [0, 0.05) is 17.6 Å². The monoisotopic (exact) mass is 269 g/mol. The van der Waals surface area contributed by atoms with Gasteiger partial charge in [0.1, 0.15) is 0 Å². The third-order valence-electron chi connectivity index (χ3n) is 2.64. The van der Waals surface area contributed by atoms with Gasteiger partial charge in [-0.1, -0.05) is 0 Å². The van der Waals surface area contributed by atoms with Crippen molar-refractivity contribution in [3.05, 3.63) is 28.2 Å². The summed E-state index contributed by atoms with van der Waals surface area (Å²) in [5, 5.41) is 8.83. The Balaban J connectivity index is 2.29. The number of rotatable bonds is 2. The second-order valence-electron chi connectivity index (χ2n) is 3.67. The fourth-order valence-corrected chi connectivity index (χ4v) is 2.48. The Kier molecular flexibility index (Phi) is 2.95. The van der Waals surface area contributed by atoms with E-state index in [1.807, 2.05) is 6.07 Å². The fourth-order valence-electron chi connectivity index (χ4n) is 1.85. The molecule has 1 aromatic carbocycles. The van der Waals surface area contributed by atoms with E-state index >= 15 is 0 Å². The molecule has 0 radical (unpaired) electrons. The molecule has 0 amide bonds. The maximum absolute atomic E-state index is 10.8. The Morgan fingerprint density at radius 1 is 1.33 bits per heavy atom. The Hall–Kier alpha value is -1.03. The number of carboxylic acids is 1. The van der Waals surface area contributed by atoms with E-state index in [0.717, 1.165) is 23.2 Å². The summed E-state index contributed by atoms with van der Waals surface area (Å²) in [7, 11) is 0. The number of anilines is 1. The Morgan fingerprint density at radius 3 is 2.53 bits per heavy atom. The first-order valence-electron chi connectivity index (χ1n) is 4.96. The van der Waals surface area contributed by atoms with Crippen molar-refractivity contribution in [2.24, 2.45) is 0 Å².